The molecule has 1 saturated carbocycles. The fourth-order valence-electron chi connectivity index (χ4n) is 3.67. The SMILES string of the molecule is O=C(CCn1nc(-c2cccs2)oc1=O)Nc1ccc2c(c1)OC1(CCCC1)O2. The van der Waals surface area contributed by atoms with E-state index in [9.17, 15) is 9.59 Å². The highest BCUT2D eigenvalue weighted by Crippen LogP contribution is 2.47. The van der Waals surface area contributed by atoms with Gasteiger partial charge in [0.1, 0.15) is 0 Å². The first-order valence-corrected chi connectivity index (χ1v) is 10.4. The Hall–Kier alpha value is -3.07. The van der Waals surface area contributed by atoms with Crippen molar-refractivity contribution >= 4 is 22.9 Å². The van der Waals surface area contributed by atoms with Crippen molar-refractivity contribution in [1.82, 2.24) is 9.78 Å². The Morgan fingerprint density at radius 1 is 1.21 bits per heavy atom. The molecule has 0 bridgehead atoms. The molecule has 1 aliphatic carbocycles. The molecular formula is C20H19N3O5S. The van der Waals surface area contributed by atoms with Crippen LogP contribution in [0.15, 0.2) is 44.9 Å². The molecule has 1 aromatic carbocycles. The minimum atomic E-state index is -0.578. The number of thiophene rings is 1. The summed E-state index contributed by atoms with van der Waals surface area (Å²) in [6.07, 6.45) is 4.03. The third-order valence-electron chi connectivity index (χ3n) is 5.07. The maximum Gasteiger partial charge on any atom is 0.437 e. The second kappa shape index (κ2) is 7.07. The van der Waals surface area contributed by atoms with E-state index < -0.39 is 11.5 Å². The molecule has 29 heavy (non-hydrogen) atoms. The number of benzene rings is 1. The molecule has 0 unspecified atom stereocenters. The Labute approximate surface area is 170 Å². The molecule has 5 rings (SSSR count). The van der Waals surface area contributed by atoms with Crippen LogP contribution < -0.4 is 20.5 Å². The molecule has 2 aliphatic rings. The zero-order valence-electron chi connectivity index (χ0n) is 15.6. The molecule has 9 heteroatoms. The van der Waals surface area contributed by atoms with E-state index >= 15 is 0 Å². The highest BCUT2D eigenvalue weighted by molar-refractivity contribution is 7.13. The number of carbonyl (C=O) groups excluding carboxylic acids is 1. The second-order valence-corrected chi connectivity index (χ2v) is 8.10. The fourth-order valence-corrected chi connectivity index (χ4v) is 4.31. The van der Waals surface area contributed by atoms with Crippen molar-refractivity contribution in [2.45, 2.75) is 44.4 Å². The van der Waals surface area contributed by atoms with E-state index in [0.717, 1.165) is 35.2 Å². The van der Waals surface area contributed by atoms with Gasteiger partial charge in [0, 0.05) is 31.0 Å². The lowest BCUT2D eigenvalue weighted by atomic mass is 10.2. The highest BCUT2D eigenvalue weighted by Gasteiger charge is 2.44. The minimum Gasteiger partial charge on any atom is -0.448 e. The molecule has 1 fully saturated rings. The van der Waals surface area contributed by atoms with Crippen molar-refractivity contribution in [3.05, 3.63) is 46.3 Å². The van der Waals surface area contributed by atoms with Gasteiger partial charge in [0.25, 0.3) is 11.7 Å². The topological polar surface area (TPSA) is 95.6 Å². The number of rotatable bonds is 5. The van der Waals surface area contributed by atoms with Crippen molar-refractivity contribution in [2.24, 2.45) is 0 Å². The van der Waals surface area contributed by atoms with Gasteiger partial charge in [-0.05, 0) is 36.4 Å². The molecule has 0 saturated heterocycles. The van der Waals surface area contributed by atoms with Crippen LogP contribution in [-0.2, 0) is 11.3 Å². The van der Waals surface area contributed by atoms with Crippen molar-refractivity contribution in [1.29, 1.82) is 0 Å². The van der Waals surface area contributed by atoms with Gasteiger partial charge in [-0.15, -0.1) is 16.4 Å². The average molecular weight is 413 g/mol. The number of aromatic nitrogens is 2. The van der Waals surface area contributed by atoms with Crippen LogP contribution in [0, 0.1) is 0 Å². The first-order chi connectivity index (χ1) is 14.1. The monoisotopic (exact) mass is 413 g/mol. The summed E-state index contributed by atoms with van der Waals surface area (Å²) in [6, 6.07) is 9.05. The first-order valence-electron chi connectivity index (χ1n) is 9.54. The van der Waals surface area contributed by atoms with E-state index in [-0.39, 0.29) is 24.8 Å². The highest BCUT2D eigenvalue weighted by atomic mass is 32.1. The smallest absolute Gasteiger partial charge is 0.437 e. The Kier molecular flexibility index (Phi) is 4.39. The number of aryl methyl sites for hydroxylation is 1. The third kappa shape index (κ3) is 3.53. The second-order valence-electron chi connectivity index (χ2n) is 7.16. The molecule has 0 atom stereocenters. The van der Waals surface area contributed by atoms with Gasteiger partial charge in [0.2, 0.25) is 5.91 Å². The van der Waals surface area contributed by atoms with Crippen LogP contribution in [0.2, 0.25) is 0 Å². The van der Waals surface area contributed by atoms with E-state index in [1.807, 2.05) is 23.6 Å². The molecular weight excluding hydrogens is 394 g/mol. The van der Waals surface area contributed by atoms with Gasteiger partial charge in [-0.1, -0.05) is 6.07 Å². The predicted octanol–water partition coefficient (Wildman–Crippen LogP) is 3.64. The fraction of sp³-hybridized carbons (Fsp3) is 0.350. The summed E-state index contributed by atoms with van der Waals surface area (Å²) >= 11 is 1.43. The maximum atomic E-state index is 12.3. The molecule has 1 spiro atoms. The maximum absolute atomic E-state index is 12.3. The normalized spacial score (nSPS) is 16.4. The molecule has 3 aromatic rings. The lowest BCUT2D eigenvalue weighted by Crippen LogP contribution is -2.34. The van der Waals surface area contributed by atoms with Gasteiger partial charge >= 0.3 is 5.76 Å². The summed E-state index contributed by atoms with van der Waals surface area (Å²) in [5.41, 5.74) is 0.624. The van der Waals surface area contributed by atoms with Crippen LogP contribution >= 0.6 is 11.3 Å². The molecule has 8 nitrogen and oxygen atoms in total. The molecule has 0 radical (unpaired) electrons. The molecule has 150 valence electrons. The Balaban J connectivity index is 1.21. The van der Waals surface area contributed by atoms with Crippen molar-refractivity contribution in [3.63, 3.8) is 0 Å². The summed E-state index contributed by atoms with van der Waals surface area (Å²) in [6.45, 7) is 0.132. The predicted molar refractivity (Wildman–Crippen MR) is 106 cm³/mol. The standard InChI is InChI=1S/C20H19N3O5S/c24-17(7-10-23-19(25)26-18(22-23)16-4-3-11-29-16)21-13-5-6-14-15(12-13)28-20(27-14)8-1-2-9-20/h3-6,11-12H,1-2,7-10H2,(H,21,24). The summed E-state index contributed by atoms with van der Waals surface area (Å²) in [5, 5.41) is 8.86. The van der Waals surface area contributed by atoms with E-state index in [2.05, 4.69) is 10.4 Å². The van der Waals surface area contributed by atoms with Crippen LogP contribution in [0.3, 0.4) is 0 Å². The van der Waals surface area contributed by atoms with E-state index in [1.54, 1.807) is 12.1 Å². The largest absolute Gasteiger partial charge is 0.448 e. The van der Waals surface area contributed by atoms with Crippen LogP contribution in [0.5, 0.6) is 11.5 Å². The number of hydrogen-bond donors (Lipinski definition) is 1. The van der Waals surface area contributed by atoms with Crippen molar-refractivity contribution in [3.8, 4) is 22.3 Å². The number of nitrogens with one attached hydrogen (secondary N) is 1. The first kappa shape index (κ1) is 18.0. The summed E-state index contributed by atoms with van der Waals surface area (Å²) in [7, 11) is 0. The summed E-state index contributed by atoms with van der Waals surface area (Å²) in [5.74, 6) is 0.289. The van der Waals surface area contributed by atoms with Crippen molar-refractivity contribution in [2.75, 3.05) is 5.32 Å². The molecule has 3 heterocycles. The zero-order valence-corrected chi connectivity index (χ0v) is 16.4. The van der Waals surface area contributed by atoms with Crippen LogP contribution in [-0.4, -0.2) is 21.5 Å². The lowest BCUT2D eigenvalue weighted by Gasteiger charge is -2.21. The summed E-state index contributed by atoms with van der Waals surface area (Å²) < 4.78 is 18.3. The van der Waals surface area contributed by atoms with Crippen LogP contribution in [0.25, 0.3) is 10.8 Å². The number of nitrogens with zero attached hydrogens (tertiary/aromatic N) is 2. The van der Waals surface area contributed by atoms with E-state index in [0.29, 0.717) is 17.2 Å². The zero-order chi connectivity index (χ0) is 19.8. The van der Waals surface area contributed by atoms with Gasteiger partial charge in [0.05, 0.1) is 11.4 Å². The quantitative estimate of drug-likeness (QED) is 0.686. The Morgan fingerprint density at radius 2 is 2.03 bits per heavy atom. The van der Waals surface area contributed by atoms with Crippen LogP contribution in [0.4, 0.5) is 5.69 Å². The number of hydrogen-bond acceptors (Lipinski definition) is 7. The Morgan fingerprint density at radius 3 is 2.83 bits per heavy atom. The average Bonchev–Trinajstić information content (AvgIpc) is 3.47. The van der Waals surface area contributed by atoms with E-state index in [1.165, 1.54) is 11.3 Å². The molecule has 1 aliphatic heterocycles. The molecule has 1 N–H and O–H groups in total. The van der Waals surface area contributed by atoms with Gasteiger partial charge in [0.15, 0.2) is 11.5 Å². The minimum absolute atomic E-state index is 0.0920. The van der Waals surface area contributed by atoms with Gasteiger partial charge < -0.3 is 19.2 Å². The van der Waals surface area contributed by atoms with E-state index in [4.69, 9.17) is 13.9 Å². The lowest BCUT2D eigenvalue weighted by molar-refractivity contribution is -0.116. The van der Waals surface area contributed by atoms with Gasteiger partial charge in [-0.25, -0.2) is 4.79 Å². The third-order valence-corrected chi connectivity index (χ3v) is 5.93. The van der Waals surface area contributed by atoms with Gasteiger partial charge in [-0.2, -0.15) is 4.68 Å². The van der Waals surface area contributed by atoms with Crippen LogP contribution in [0.1, 0.15) is 32.1 Å². The van der Waals surface area contributed by atoms with Crippen molar-refractivity contribution < 1.29 is 18.7 Å². The van der Waals surface area contributed by atoms with Gasteiger partial charge in [-0.3, -0.25) is 4.79 Å². The summed E-state index contributed by atoms with van der Waals surface area (Å²) in [4.78, 5) is 25.0. The molecule has 2 aromatic heterocycles. The number of carbonyl (C=O) groups is 1. The molecule has 1 amide bonds. The Bertz CT molecular complexity index is 1100. The number of ether oxygens (including phenoxy) is 2. The number of anilines is 1. The number of fused-ring (bicyclic) bond motifs is 1. The number of amides is 1.